The number of alkyl halides is 1. The third-order valence-electron chi connectivity index (χ3n) is 3.57. The molecule has 0 bridgehead atoms. The molecule has 82 valence electrons. The Kier molecular flexibility index (Phi) is 2.81. The van der Waals surface area contributed by atoms with E-state index in [1.165, 1.54) is 29.5 Å². The van der Waals surface area contributed by atoms with Crippen LogP contribution in [-0.4, -0.2) is 5.38 Å². The molecule has 1 aliphatic rings. The molecule has 1 fully saturated rings. The molecule has 1 aromatic rings. The highest BCUT2D eigenvalue weighted by Crippen LogP contribution is 2.53. The summed E-state index contributed by atoms with van der Waals surface area (Å²) < 4.78 is 0. The maximum atomic E-state index is 6.26. The van der Waals surface area contributed by atoms with E-state index in [0.717, 1.165) is 6.42 Å². The zero-order valence-electron chi connectivity index (χ0n) is 9.81. The largest absolute Gasteiger partial charge is 0.123 e. The summed E-state index contributed by atoms with van der Waals surface area (Å²) in [6.45, 7) is 6.47. The molecule has 0 radical (unpaired) electrons. The Labute approximate surface area is 97.6 Å². The molecule has 1 atom stereocenters. The summed E-state index contributed by atoms with van der Waals surface area (Å²) in [7, 11) is 0. The van der Waals surface area contributed by atoms with Gasteiger partial charge in [0.15, 0.2) is 0 Å². The van der Waals surface area contributed by atoms with Crippen molar-refractivity contribution in [3.05, 3.63) is 34.9 Å². The van der Waals surface area contributed by atoms with Gasteiger partial charge in [-0.2, -0.15) is 0 Å². The highest BCUT2D eigenvalue weighted by atomic mass is 35.5. The zero-order chi connectivity index (χ0) is 11.1. The van der Waals surface area contributed by atoms with Crippen molar-refractivity contribution in [2.75, 3.05) is 0 Å². The summed E-state index contributed by atoms with van der Waals surface area (Å²) in [6, 6.07) is 6.83. The predicted molar refractivity (Wildman–Crippen MR) is 66.6 cm³/mol. The van der Waals surface area contributed by atoms with E-state index in [0.29, 0.717) is 10.8 Å². The van der Waals surface area contributed by atoms with Crippen LogP contribution in [0.2, 0.25) is 0 Å². The Morgan fingerprint density at radius 3 is 2.13 bits per heavy atom. The van der Waals surface area contributed by atoms with Crippen LogP contribution in [0.3, 0.4) is 0 Å². The Bertz CT molecular complexity index is 341. The van der Waals surface area contributed by atoms with Gasteiger partial charge in [-0.3, -0.25) is 0 Å². The second-order valence-electron chi connectivity index (χ2n) is 5.15. The van der Waals surface area contributed by atoms with E-state index in [9.17, 15) is 0 Å². The molecule has 15 heavy (non-hydrogen) atoms. The molecule has 1 unspecified atom stereocenters. The van der Waals surface area contributed by atoms with Gasteiger partial charge in [0.25, 0.3) is 0 Å². The van der Waals surface area contributed by atoms with E-state index in [-0.39, 0.29) is 0 Å². The predicted octanol–water partition coefficient (Wildman–Crippen LogP) is 4.25. The van der Waals surface area contributed by atoms with E-state index in [4.69, 9.17) is 11.6 Å². The lowest BCUT2D eigenvalue weighted by atomic mass is 9.92. The first-order chi connectivity index (χ1) is 7.02. The van der Waals surface area contributed by atoms with Crippen LogP contribution in [0.1, 0.15) is 36.5 Å². The van der Waals surface area contributed by atoms with Gasteiger partial charge in [-0.05, 0) is 51.0 Å². The fourth-order valence-corrected chi connectivity index (χ4v) is 2.75. The van der Waals surface area contributed by atoms with E-state index in [1.807, 2.05) is 0 Å². The minimum Gasteiger partial charge on any atom is -0.123 e. The van der Waals surface area contributed by atoms with Crippen molar-refractivity contribution >= 4 is 11.6 Å². The number of aryl methyl sites for hydroxylation is 2. The Balaban J connectivity index is 2.17. The lowest BCUT2D eigenvalue weighted by Gasteiger charge is -2.18. The lowest BCUT2D eigenvalue weighted by Crippen LogP contribution is -2.15. The fourth-order valence-electron chi connectivity index (χ4n) is 2.45. The molecule has 1 saturated carbocycles. The number of hydrogen-bond acceptors (Lipinski definition) is 0. The molecule has 1 aliphatic carbocycles. The van der Waals surface area contributed by atoms with Crippen molar-refractivity contribution in [3.8, 4) is 0 Å². The normalized spacial score (nSPS) is 20.0. The summed E-state index contributed by atoms with van der Waals surface area (Å²) in [4.78, 5) is 0. The van der Waals surface area contributed by atoms with Crippen molar-refractivity contribution in [1.82, 2.24) is 0 Å². The molecular weight excluding hydrogens is 204 g/mol. The molecule has 1 aromatic carbocycles. The highest BCUT2D eigenvalue weighted by Gasteiger charge is 2.46. The molecule has 0 N–H and O–H groups in total. The SMILES string of the molecule is Cc1cc(C)cc(CC2(C(C)Cl)CC2)c1. The van der Waals surface area contributed by atoms with Gasteiger partial charge in [-0.25, -0.2) is 0 Å². The second-order valence-corrected chi connectivity index (χ2v) is 5.81. The van der Waals surface area contributed by atoms with Crippen molar-refractivity contribution in [2.45, 2.75) is 45.4 Å². The number of benzene rings is 1. The fraction of sp³-hybridized carbons (Fsp3) is 0.571. The van der Waals surface area contributed by atoms with Crippen LogP contribution in [0, 0.1) is 19.3 Å². The van der Waals surface area contributed by atoms with Gasteiger partial charge in [0.05, 0.1) is 0 Å². The van der Waals surface area contributed by atoms with Crippen LogP contribution in [0.4, 0.5) is 0 Å². The minimum absolute atomic E-state index is 0.304. The zero-order valence-corrected chi connectivity index (χ0v) is 10.6. The van der Waals surface area contributed by atoms with Crippen LogP contribution in [0.25, 0.3) is 0 Å². The third kappa shape index (κ3) is 2.36. The minimum atomic E-state index is 0.304. The third-order valence-corrected chi connectivity index (χ3v) is 4.04. The van der Waals surface area contributed by atoms with Crippen LogP contribution in [0.15, 0.2) is 18.2 Å². The Morgan fingerprint density at radius 1 is 1.20 bits per heavy atom. The molecule has 0 nitrogen and oxygen atoms in total. The molecule has 0 spiro atoms. The summed E-state index contributed by atoms with van der Waals surface area (Å²) in [5.74, 6) is 0. The maximum absolute atomic E-state index is 6.26. The first-order valence-corrected chi connectivity index (χ1v) is 6.17. The highest BCUT2D eigenvalue weighted by molar-refractivity contribution is 6.21. The molecular formula is C14H19Cl. The average molecular weight is 223 g/mol. The molecule has 0 amide bonds. The molecule has 0 saturated heterocycles. The number of hydrogen-bond donors (Lipinski definition) is 0. The standard InChI is InChI=1S/C14H19Cl/c1-10-6-11(2)8-13(7-10)9-14(4-5-14)12(3)15/h6-8,12H,4-5,9H2,1-3H3. The van der Waals surface area contributed by atoms with Crippen molar-refractivity contribution in [1.29, 1.82) is 0 Å². The molecule has 0 aromatic heterocycles. The van der Waals surface area contributed by atoms with Crippen LogP contribution < -0.4 is 0 Å². The summed E-state index contributed by atoms with van der Waals surface area (Å²) in [6.07, 6.45) is 3.75. The second kappa shape index (κ2) is 3.83. The van der Waals surface area contributed by atoms with Crippen molar-refractivity contribution in [2.24, 2.45) is 5.41 Å². The quantitative estimate of drug-likeness (QED) is 0.671. The lowest BCUT2D eigenvalue weighted by molar-refractivity contribution is 0.496. The van der Waals surface area contributed by atoms with Gasteiger partial charge < -0.3 is 0 Å². The van der Waals surface area contributed by atoms with Gasteiger partial charge in [-0.1, -0.05) is 29.3 Å². The van der Waals surface area contributed by atoms with Crippen LogP contribution in [0.5, 0.6) is 0 Å². The molecule has 2 rings (SSSR count). The number of rotatable bonds is 3. The van der Waals surface area contributed by atoms with Crippen molar-refractivity contribution < 1.29 is 0 Å². The van der Waals surface area contributed by atoms with Gasteiger partial charge in [0, 0.05) is 5.38 Å². The molecule has 0 aliphatic heterocycles. The Hall–Kier alpha value is -0.490. The van der Waals surface area contributed by atoms with E-state index >= 15 is 0 Å². The summed E-state index contributed by atoms with van der Waals surface area (Å²) >= 11 is 6.26. The van der Waals surface area contributed by atoms with Crippen LogP contribution in [-0.2, 0) is 6.42 Å². The van der Waals surface area contributed by atoms with Crippen LogP contribution >= 0.6 is 11.6 Å². The van der Waals surface area contributed by atoms with E-state index < -0.39 is 0 Å². The number of halogens is 1. The van der Waals surface area contributed by atoms with Gasteiger partial charge in [-0.15, -0.1) is 11.6 Å². The van der Waals surface area contributed by atoms with Gasteiger partial charge >= 0.3 is 0 Å². The van der Waals surface area contributed by atoms with Crippen molar-refractivity contribution in [3.63, 3.8) is 0 Å². The smallest absolute Gasteiger partial charge is 0.0367 e. The topological polar surface area (TPSA) is 0 Å². The first kappa shape index (κ1) is 11.0. The summed E-state index contributed by atoms with van der Waals surface area (Å²) in [5.41, 5.74) is 4.59. The van der Waals surface area contributed by atoms with Gasteiger partial charge in [0.2, 0.25) is 0 Å². The molecule has 1 heteroatoms. The summed E-state index contributed by atoms with van der Waals surface area (Å²) in [5, 5.41) is 0.304. The Morgan fingerprint density at radius 2 is 1.73 bits per heavy atom. The average Bonchev–Trinajstić information content (AvgIpc) is 2.83. The monoisotopic (exact) mass is 222 g/mol. The van der Waals surface area contributed by atoms with E-state index in [2.05, 4.69) is 39.0 Å². The van der Waals surface area contributed by atoms with Gasteiger partial charge in [0.1, 0.15) is 0 Å². The maximum Gasteiger partial charge on any atom is 0.0367 e. The first-order valence-electron chi connectivity index (χ1n) is 5.73. The van der Waals surface area contributed by atoms with E-state index in [1.54, 1.807) is 0 Å². The molecule has 0 heterocycles.